The zero-order valence-electron chi connectivity index (χ0n) is 15.2. The first kappa shape index (κ1) is 20.3. The zero-order chi connectivity index (χ0) is 19.4. The van der Waals surface area contributed by atoms with Crippen molar-refractivity contribution < 1.29 is 13.2 Å². The second-order valence-corrected chi connectivity index (χ2v) is 10.2. The first-order chi connectivity index (χ1) is 12.9. The Bertz CT molecular complexity index is 905. The molecular formula is C19H23ClN2O3S2. The third-order valence-electron chi connectivity index (χ3n) is 4.69. The highest BCUT2D eigenvalue weighted by atomic mass is 35.5. The predicted molar refractivity (Wildman–Crippen MR) is 109 cm³/mol. The van der Waals surface area contributed by atoms with Crippen LogP contribution < -0.4 is 0 Å². The molecule has 1 aromatic carbocycles. The van der Waals surface area contributed by atoms with Gasteiger partial charge in [0, 0.05) is 24.5 Å². The van der Waals surface area contributed by atoms with Gasteiger partial charge in [0.15, 0.2) is 0 Å². The fourth-order valence-corrected chi connectivity index (χ4v) is 6.04. The molecule has 1 aliphatic heterocycles. The SMILES string of the molecule is CCN(Cc1ccc(Cl)s1)C(=O)c1ccccc1S(=O)(=O)N1CCCCC1. The Hall–Kier alpha value is -1.41. The van der Waals surface area contributed by atoms with Crippen molar-refractivity contribution in [3.63, 3.8) is 0 Å². The van der Waals surface area contributed by atoms with Crippen molar-refractivity contribution >= 4 is 38.9 Å². The number of amides is 1. The van der Waals surface area contributed by atoms with Gasteiger partial charge >= 0.3 is 0 Å². The van der Waals surface area contributed by atoms with Crippen molar-refractivity contribution in [3.8, 4) is 0 Å². The Kier molecular flexibility index (Phi) is 6.57. The smallest absolute Gasteiger partial charge is 0.255 e. The number of nitrogens with zero attached hydrogens (tertiary/aromatic N) is 2. The van der Waals surface area contributed by atoms with Crippen molar-refractivity contribution in [1.82, 2.24) is 9.21 Å². The minimum Gasteiger partial charge on any atom is -0.334 e. The van der Waals surface area contributed by atoms with Crippen molar-refractivity contribution in [2.75, 3.05) is 19.6 Å². The molecule has 5 nitrogen and oxygen atoms in total. The van der Waals surface area contributed by atoms with Crippen LogP contribution in [0.3, 0.4) is 0 Å². The van der Waals surface area contributed by atoms with Crippen LogP contribution in [0.25, 0.3) is 0 Å². The van der Waals surface area contributed by atoms with Crippen LogP contribution in [-0.2, 0) is 16.6 Å². The fraction of sp³-hybridized carbons (Fsp3) is 0.421. The molecule has 1 fully saturated rings. The van der Waals surface area contributed by atoms with Crippen molar-refractivity contribution in [2.45, 2.75) is 37.6 Å². The molecule has 1 saturated heterocycles. The number of hydrogen-bond acceptors (Lipinski definition) is 4. The first-order valence-electron chi connectivity index (χ1n) is 9.06. The molecule has 1 aromatic heterocycles. The van der Waals surface area contributed by atoms with E-state index in [1.807, 2.05) is 13.0 Å². The quantitative estimate of drug-likeness (QED) is 0.694. The number of carbonyl (C=O) groups excluding carboxylic acids is 1. The number of halogens is 1. The lowest BCUT2D eigenvalue weighted by Crippen LogP contribution is -2.37. The zero-order valence-corrected chi connectivity index (χ0v) is 17.6. The van der Waals surface area contributed by atoms with Crippen molar-refractivity contribution in [3.05, 3.63) is 51.2 Å². The van der Waals surface area contributed by atoms with Crippen LogP contribution in [0.15, 0.2) is 41.3 Å². The second kappa shape index (κ2) is 8.73. The van der Waals surface area contributed by atoms with Gasteiger partial charge in [-0.15, -0.1) is 11.3 Å². The molecule has 0 atom stereocenters. The van der Waals surface area contributed by atoms with Gasteiger partial charge in [0.25, 0.3) is 5.91 Å². The highest BCUT2D eigenvalue weighted by molar-refractivity contribution is 7.89. The molecule has 27 heavy (non-hydrogen) atoms. The molecular weight excluding hydrogens is 404 g/mol. The van der Waals surface area contributed by atoms with E-state index in [-0.39, 0.29) is 16.4 Å². The third-order valence-corrected chi connectivity index (χ3v) is 7.87. The van der Waals surface area contributed by atoms with Crippen LogP contribution in [0.1, 0.15) is 41.4 Å². The normalized spacial score (nSPS) is 15.6. The van der Waals surface area contributed by atoms with Gasteiger partial charge in [-0.05, 0) is 44.0 Å². The summed E-state index contributed by atoms with van der Waals surface area (Å²) < 4.78 is 28.4. The lowest BCUT2D eigenvalue weighted by atomic mass is 10.2. The van der Waals surface area contributed by atoms with Crippen molar-refractivity contribution in [2.24, 2.45) is 0 Å². The Balaban J connectivity index is 1.90. The molecule has 146 valence electrons. The minimum atomic E-state index is -3.68. The molecule has 2 aromatic rings. The molecule has 1 amide bonds. The molecule has 3 rings (SSSR count). The number of hydrogen-bond donors (Lipinski definition) is 0. The number of carbonyl (C=O) groups is 1. The Morgan fingerprint density at radius 3 is 2.48 bits per heavy atom. The third kappa shape index (κ3) is 4.54. The molecule has 0 N–H and O–H groups in total. The van der Waals surface area contributed by atoms with Gasteiger partial charge in [-0.25, -0.2) is 8.42 Å². The largest absolute Gasteiger partial charge is 0.334 e. The lowest BCUT2D eigenvalue weighted by Gasteiger charge is -2.27. The van der Waals surface area contributed by atoms with Crippen LogP contribution in [0.4, 0.5) is 0 Å². The number of benzene rings is 1. The van der Waals surface area contributed by atoms with Gasteiger partial charge in [-0.2, -0.15) is 4.31 Å². The molecule has 0 unspecified atom stereocenters. The maximum atomic E-state index is 13.2. The maximum Gasteiger partial charge on any atom is 0.255 e. The van der Waals surface area contributed by atoms with Crippen LogP contribution in [0, 0.1) is 0 Å². The lowest BCUT2D eigenvalue weighted by molar-refractivity contribution is 0.0750. The monoisotopic (exact) mass is 426 g/mol. The van der Waals surface area contributed by atoms with E-state index in [1.165, 1.54) is 21.7 Å². The van der Waals surface area contributed by atoms with Crippen LogP contribution >= 0.6 is 22.9 Å². The number of sulfonamides is 1. The Morgan fingerprint density at radius 2 is 1.85 bits per heavy atom. The highest BCUT2D eigenvalue weighted by Gasteiger charge is 2.31. The number of thiophene rings is 1. The molecule has 0 saturated carbocycles. The molecule has 1 aliphatic rings. The molecule has 0 radical (unpaired) electrons. The van der Waals surface area contributed by atoms with E-state index >= 15 is 0 Å². The Labute approximate surface area is 169 Å². The maximum absolute atomic E-state index is 13.2. The standard InChI is InChI=1S/C19H23ClN2O3S2/c1-2-21(14-15-10-11-18(20)26-15)19(23)16-8-4-5-9-17(16)27(24,25)22-12-6-3-7-13-22/h4-5,8-11H,2-3,6-7,12-14H2,1H3. The highest BCUT2D eigenvalue weighted by Crippen LogP contribution is 2.26. The van der Waals surface area contributed by atoms with E-state index in [1.54, 1.807) is 29.2 Å². The van der Waals surface area contributed by atoms with Gasteiger partial charge < -0.3 is 4.90 Å². The summed E-state index contributed by atoms with van der Waals surface area (Å²) in [6, 6.07) is 10.2. The van der Waals surface area contributed by atoms with Gasteiger partial charge in [0.05, 0.1) is 21.3 Å². The van der Waals surface area contributed by atoms with Crippen molar-refractivity contribution in [1.29, 1.82) is 0 Å². The average molecular weight is 427 g/mol. The summed E-state index contributed by atoms with van der Waals surface area (Å²) in [6.07, 6.45) is 2.75. The molecule has 0 bridgehead atoms. The minimum absolute atomic E-state index is 0.0968. The molecule has 8 heteroatoms. The van der Waals surface area contributed by atoms with Crippen LogP contribution in [0.2, 0.25) is 4.34 Å². The second-order valence-electron chi connectivity index (χ2n) is 6.49. The summed E-state index contributed by atoms with van der Waals surface area (Å²) in [5, 5.41) is 0. The predicted octanol–water partition coefficient (Wildman–Crippen LogP) is 4.24. The first-order valence-corrected chi connectivity index (χ1v) is 11.7. The number of rotatable bonds is 6. The summed E-state index contributed by atoms with van der Waals surface area (Å²) >= 11 is 7.41. The van der Waals surface area contributed by atoms with E-state index in [2.05, 4.69) is 0 Å². The van der Waals surface area contributed by atoms with E-state index < -0.39 is 10.0 Å². The average Bonchev–Trinajstić information content (AvgIpc) is 3.11. The molecule has 0 spiro atoms. The molecule has 2 heterocycles. The van der Waals surface area contributed by atoms with Gasteiger partial charge in [0.2, 0.25) is 10.0 Å². The Morgan fingerprint density at radius 1 is 1.15 bits per heavy atom. The molecule has 0 aliphatic carbocycles. The summed E-state index contributed by atoms with van der Waals surface area (Å²) in [5.41, 5.74) is 0.229. The summed E-state index contributed by atoms with van der Waals surface area (Å²) in [6.45, 7) is 3.79. The van der Waals surface area contributed by atoms with E-state index in [0.717, 1.165) is 24.1 Å². The van der Waals surface area contributed by atoms with Crippen LogP contribution in [0.5, 0.6) is 0 Å². The van der Waals surface area contributed by atoms with Gasteiger partial charge in [-0.3, -0.25) is 4.79 Å². The van der Waals surface area contributed by atoms with Gasteiger partial charge in [-0.1, -0.05) is 30.2 Å². The topological polar surface area (TPSA) is 57.7 Å². The summed E-state index contributed by atoms with van der Waals surface area (Å²) in [4.78, 5) is 15.9. The number of piperidine rings is 1. The van der Waals surface area contributed by atoms with E-state index in [4.69, 9.17) is 11.6 Å². The van der Waals surface area contributed by atoms with E-state index in [9.17, 15) is 13.2 Å². The fourth-order valence-electron chi connectivity index (χ4n) is 3.23. The van der Waals surface area contributed by atoms with Crippen LogP contribution in [-0.4, -0.2) is 43.2 Å². The van der Waals surface area contributed by atoms with Gasteiger partial charge in [0.1, 0.15) is 0 Å². The summed E-state index contributed by atoms with van der Waals surface area (Å²) in [7, 11) is -3.68. The van der Waals surface area contributed by atoms with E-state index in [0.29, 0.717) is 30.5 Å². The summed E-state index contributed by atoms with van der Waals surface area (Å²) in [5.74, 6) is -0.279.